The van der Waals surface area contributed by atoms with Crippen molar-refractivity contribution >= 4 is 23.3 Å². The minimum atomic E-state index is -0.834. The Morgan fingerprint density at radius 3 is 2.79 bits per heavy atom. The smallest absolute Gasteiger partial charge is 0.249 e. The molecule has 0 saturated heterocycles. The molecule has 1 aromatic heterocycles. The number of benzene rings is 2. The maximum absolute atomic E-state index is 13.4. The number of carbonyl (C=O) groups excluding carboxylic acids is 2. The Balaban J connectivity index is 1.65. The number of amides is 2. The van der Waals surface area contributed by atoms with Crippen molar-refractivity contribution in [1.29, 1.82) is 0 Å². The van der Waals surface area contributed by atoms with E-state index in [0.717, 1.165) is 5.56 Å². The largest absolute Gasteiger partial charge is 0.497 e. The lowest BCUT2D eigenvalue weighted by Crippen LogP contribution is -2.35. The maximum atomic E-state index is 13.4. The van der Waals surface area contributed by atoms with Crippen LogP contribution in [0.15, 0.2) is 54.7 Å². The molecule has 142 valence electrons. The molecule has 0 saturated carbocycles. The van der Waals surface area contributed by atoms with E-state index in [-0.39, 0.29) is 12.3 Å². The lowest BCUT2D eigenvalue weighted by Gasteiger charge is -2.24. The Morgan fingerprint density at radius 1 is 1.29 bits per heavy atom. The molecule has 1 atom stereocenters. The van der Waals surface area contributed by atoms with Crippen LogP contribution >= 0.6 is 0 Å². The van der Waals surface area contributed by atoms with Crippen LogP contribution in [0.3, 0.4) is 0 Å². The van der Waals surface area contributed by atoms with Crippen molar-refractivity contribution in [1.82, 2.24) is 9.78 Å². The predicted octanol–water partition coefficient (Wildman–Crippen LogP) is 3.22. The molecule has 0 aliphatic carbocycles. The van der Waals surface area contributed by atoms with Crippen LogP contribution in [0.2, 0.25) is 0 Å². The number of nitrogens with one attached hydrogen (secondary N) is 2. The molecule has 0 fully saturated rings. The quantitative estimate of drug-likeness (QED) is 0.728. The molecule has 0 radical (unpaired) electrons. The minimum Gasteiger partial charge on any atom is -0.497 e. The van der Waals surface area contributed by atoms with Crippen molar-refractivity contribution < 1.29 is 18.7 Å². The number of anilines is 2. The lowest BCUT2D eigenvalue weighted by atomic mass is 10.1. The summed E-state index contributed by atoms with van der Waals surface area (Å²) in [5, 5.41) is 9.73. The van der Waals surface area contributed by atoms with E-state index in [1.54, 1.807) is 31.5 Å². The fourth-order valence-electron chi connectivity index (χ4n) is 3.15. The van der Waals surface area contributed by atoms with Crippen LogP contribution in [-0.2, 0) is 9.59 Å². The van der Waals surface area contributed by atoms with Crippen LogP contribution in [0.25, 0.3) is 11.1 Å². The highest BCUT2D eigenvalue weighted by Crippen LogP contribution is 2.35. The van der Waals surface area contributed by atoms with Gasteiger partial charge < -0.3 is 15.4 Å². The average Bonchev–Trinajstić information content (AvgIpc) is 3.11. The summed E-state index contributed by atoms with van der Waals surface area (Å²) in [5.41, 5.74) is 1.84. The van der Waals surface area contributed by atoms with E-state index < -0.39 is 17.8 Å². The number of ether oxygens (including phenoxy) is 1. The molecule has 2 amide bonds. The van der Waals surface area contributed by atoms with Crippen LogP contribution in [0.5, 0.6) is 5.75 Å². The van der Waals surface area contributed by atoms with E-state index in [4.69, 9.17) is 4.74 Å². The summed E-state index contributed by atoms with van der Waals surface area (Å²) >= 11 is 0. The van der Waals surface area contributed by atoms with Gasteiger partial charge in [-0.1, -0.05) is 18.2 Å². The minimum absolute atomic E-state index is 0.0577. The third-order valence-corrected chi connectivity index (χ3v) is 4.52. The monoisotopic (exact) mass is 380 g/mol. The number of fused-ring (bicyclic) bond motifs is 1. The molecule has 8 heteroatoms. The van der Waals surface area contributed by atoms with Crippen LogP contribution in [-0.4, -0.2) is 28.7 Å². The topological polar surface area (TPSA) is 85.2 Å². The van der Waals surface area contributed by atoms with Crippen molar-refractivity contribution in [2.24, 2.45) is 0 Å². The van der Waals surface area contributed by atoms with Crippen LogP contribution in [0.1, 0.15) is 12.5 Å². The third-order valence-electron chi connectivity index (χ3n) is 4.52. The van der Waals surface area contributed by atoms with Gasteiger partial charge in [0.05, 0.1) is 19.7 Å². The second kappa shape index (κ2) is 7.15. The number of halogens is 1. The maximum Gasteiger partial charge on any atom is 0.249 e. The fraction of sp³-hybridized carbons (Fsp3) is 0.150. The molecular weight excluding hydrogens is 363 g/mol. The highest BCUT2D eigenvalue weighted by molar-refractivity contribution is 6.03. The first-order valence-electron chi connectivity index (χ1n) is 8.63. The molecule has 2 N–H and O–H groups in total. The Kier molecular flexibility index (Phi) is 4.52. The summed E-state index contributed by atoms with van der Waals surface area (Å²) in [7, 11) is 1.58. The number of aromatic nitrogens is 2. The highest BCUT2D eigenvalue weighted by Gasteiger charge is 2.33. The van der Waals surface area contributed by atoms with Crippen molar-refractivity contribution in [3.05, 3.63) is 60.5 Å². The number of carbonyl (C=O) groups is 2. The van der Waals surface area contributed by atoms with E-state index >= 15 is 0 Å². The average molecular weight is 380 g/mol. The lowest BCUT2D eigenvalue weighted by molar-refractivity contribution is -0.125. The molecule has 0 spiro atoms. The zero-order valence-corrected chi connectivity index (χ0v) is 15.0. The fourth-order valence-corrected chi connectivity index (χ4v) is 3.15. The number of methoxy groups -OCH3 is 1. The summed E-state index contributed by atoms with van der Waals surface area (Å²) in [6.45, 7) is 0. The van der Waals surface area contributed by atoms with Gasteiger partial charge in [0.25, 0.3) is 0 Å². The summed E-state index contributed by atoms with van der Waals surface area (Å²) in [6, 6.07) is 12.0. The Bertz CT molecular complexity index is 1050. The number of rotatable bonds is 4. The zero-order valence-electron chi connectivity index (χ0n) is 15.0. The SMILES string of the molecule is COc1ccc(-c2cnn3c2NC(=O)CC3C(=O)Nc2cccc(F)c2)cc1. The molecule has 28 heavy (non-hydrogen) atoms. The van der Waals surface area contributed by atoms with Gasteiger partial charge in [-0.15, -0.1) is 0 Å². The molecule has 2 heterocycles. The molecule has 7 nitrogen and oxygen atoms in total. The van der Waals surface area contributed by atoms with Gasteiger partial charge >= 0.3 is 0 Å². The van der Waals surface area contributed by atoms with Gasteiger partial charge in [-0.25, -0.2) is 9.07 Å². The Labute approximate surface area is 160 Å². The van der Waals surface area contributed by atoms with Crippen molar-refractivity contribution in [3.63, 3.8) is 0 Å². The van der Waals surface area contributed by atoms with E-state index in [2.05, 4.69) is 15.7 Å². The molecule has 0 bridgehead atoms. The first-order valence-corrected chi connectivity index (χ1v) is 8.63. The van der Waals surface area contributed by atoms with Gasteiger partial charge in [0.1, 0.15) is 23.4 Å². The van der Waals surface area contributed by atoms with Crippen molar-refractivity contribution in [2.45, 2.75) is 12.5 Å². The van der Waals surface area contributed by atoms with Gasteiger partial charge in [0.15, 0.2) is 0 Å². The third kappa shape index (κ3) is 3.32. The molecule has 1 aliphatic heterocycles. The predicted molar refractivity (Wildman–Crippen MR) is 102 cm³/mol. The second-order valence-electron chi connectivity index (χ2n) is 6.35. The van der Waals surface area contributed by atoms with Gasteiger partial charge in [0.2, 0.25) is 11.8 Å². The van der Waals surface area contributed by atoms with E-state index in [0.29, 0.717) is 22.8 Å². The van der Waals surface area contributed by atoms with Gasteiger partial charge in [-0.2, -0.15) is 5.10 Å². The Hall–Kier alpha value is -3.68. The summed E-state index contributed by atoms with van der Waals surface area (Å²) in [6.07, 6.45) is 1.54. The standard InChI is InChI=1S/C20H17FN4O3/c1-28-15-7-5-12(6-8-15)16-11-22-25-17(10-18(26)24-19(16)25)20(27)23-14-4-2-3-13(21)9-14/h2-9,11,17H,10H2,1H3,(H,23,27)(H,24,26). The summed E-state index contributed by atoms with van der Waals surface area (Å²) < 4.78 is 20.0. The van der Waals surface area contributed by atoms with Crippen LogP contribution in [0, 0.1) is 5.82 Å². The molecule has 1 unspecified atom stereocenters. The summed E-state index contributed by atoms with van der Waals surface area (Å²) in [5.74, 6) is -0.0315. The zero-order chi connectivity index (χ0) is 19.7. The second-order valence-corrected chi connectivity index (χ2v) is 6.35. The van der Waals surface area contributed by atoms with Crippen LogP contribution < -0.4 is 15.4 Å². The molecule has 1 aliphatic rings. The van der Waals surface area contributed by atoms with Gasteiger partial charge in [0, 0.05) is 11.3 Å². The van der Waals surface area contributed by atoms with Gasteiger partial charge in [-0.05, 0) is 35.9 Å². The Morgan fingerprint density at radius 2 is 2.07 bits per heavy atom. The number of hydrogen-bond donors (Lipinski definition) is 2. The first-order chi connectivity index (χ1) is 13.5. The van der Waals surface area contributed by atoms with Gasteiger partial charge in [-0.3, -0.25) is 9.59 Å². The van der Waals surface area contributed by atoms with E-state index in [1.807, 2.05) is 12.1 Å². The van der Waals surface area contributed by atoms with Crippen LogP contribution in [0.4, 0.5) is 15.9 Å². The molecule has 3 aromatic rings. The number of nitrogens with zero attached hydrogens (tertiary/aromatic N) is 2. The van der Waals surface area contributed by atoms with E-state index in [9.17, 15) is 14.0 Å². The normalized spacial score (nSPS) is 15.5. The first kappa shape index (κ1) is 17.7. The molecular formula is C20H17FN4O3. The molecule has 2 aromatic carbocycles. The highest BCUT2D eigenvalue weighted by atomic mass is 19.1. The van der Waals surface area contributed by atoms with Crippen molar-refractivity contribution in [3.8, 4) is 16.9 Å². The van der Waals surface area contributed by atoms with E-state index in [1.165, 1.54) is 22.9 Å². The summed E-state index contributed by atoms with van der Waals surface area (Å²) in [4.78, 5) is 24.9. The molecule has 4 rings (SSSR count). The number of hydrogen-bond acceptors (Lipinski definition) is 4. The van der Waals surface area contributed by atoms with Crippen molar-refractivity contribution in [2.75, 3.05) is 17.7 Å².